The van der Waals surface area contributed by atoms with Gasteiger partial charge in [-0.3, -0.25) is 0 Å². The van der Waals surface area contributed by atoms with E-state index in [-0.39, 0.29) is 5.54 Å². The third-order valence-electron chi connectivity index (χ3n) is 2.69. The molecule has 78 valence electrons. The summed E-state index contributed by atoms with van der Waals surface area (Å²) in [5.41, 5.74) is 0.697. The smallest absolute Gasteiger partial charge is 0.127 e. The molecule has 1 aromatic rings. The lowest BCUT2D eigenvalue weighted by Gasteiger charge is -2.25. The van der Waals surface area contributed by atoms with E-state index in [0.717, 1.165) is 25.3 Å². The van der Waals surface area contributed by atoms with Crippen LogP contribution in [0.3, 0.4) is 0 Å². The van der Waals surface area contributed by atoms with Crippen LogP contribution in [0.4, 0.5) is 5.82 Å². The van der Waals surface area contributed by atoms with Crippen LogP contribution in [-0.2, 0) is 0 Å². The zero-order chi connectivity index (χ0) is 10.7. The van der Waals surface area contributed by atoms with Gasteiger partial charge in [0.05, 0.1) is 11.6 Å². The summed E-state index contributed by atoms with van der Waals surface area (Å²) in [7, 11) is 0. The van der Waals surface area contributed by atoms with Crippen molar-refractivity contribution in [1.29, 1.82) is 5.26 Å². The first-order chi connectivity index (χ1) is 7.22. The monoisotopic (exact) mass is 202 g/mol. The highest BCUT2D eigenvalue weighted by molar-refractivity contribution is 5.44. The maximum absolute atomic E-state index is 8.77. The molecule has 1 aromatic heterocycles. The molecule has 0 amide bonds. The van der Waals surface area contributed by atoms with Crippen LogP contribution in [0.1, 0.15) is 18.9 Å². The number of hydrogen-bond donors (Lipinski definition) is 2. The second-order valence-corrected chi connectivity index (χ2v) is 4.15. The summed E-state index contributed by atoms with van der Waals surface area (Å²) in [6.45, 7) is 4.13. The Morgan fingerprint density at radius 3 is 3.20 bits per heavy atom. The SMILES string of the molecule is CC1(Nc2cc(C#N)ccn2)CCNC1. The lowest BCUT2D eigenvalue weighted by atomic mass is 10.0. The van der Waals surface area contributed by atoms with Gasteiger partial charge in [-0.1, -0.05) is 0 Å². The lowest BCUT2D eigenvalue weighted by molar-refractivity contribution is 0.564. The highest BCUT2D eigenvalue weighted by Crippen LogP contribution is 2.19. The Balaban J connectivity index is 2.13. The van der Waals surface area contributed by atoms with E-state index in [1.165, 1.54) is 0 Å². The standard InChI is InChI=1S/C11H14N4/c1-11(3-5-13-8-11)15-10-6-9(7-12)2-4-14-10/h2,4,6,13H,3,5,8H2,1H3,(H,14,15). The highest BCUT2D eigenvalue weighted by Gasteiger charge is 2.28. The molecule has 4 heteroatoms. The van der Waals surface area contributed by atoms with Gasteiger partial charge in [-0.2, -0.15) is 5.26 Å². The summed E-state index contributed by atoms with van der Waals surface area (Å²) in [6, 6.07) is 5.60. The molecule has 1 saturated heterocycles. The van der Waals surface area contributed by atoms with Crippen molar-refractivity contribution in [3.05, 3.63) is 23.9 Å². The summed E-state index contributed by atoms with van der Waals surface area (Å²) >= 11 is 0. The van der Waals surface area contributed by atoms with Crippen LogP contribution in [0, 0.1) is 11.3 Å². The third-order valence-corrected chi connectivity index (χ3v) is 2.69. The van der Waals surface area contributed by atoms with E-state index >= 15 is 0 Å². The van der Waals surface area contributed by atoms with Crippen molar-refractivity contribution in [1.82, 2.24) is 10.3 Å². The van der Waals surface area contributed by atoms with Crippen LogP contribution in [0.15, 0.2) is 18.3 Å². The quantitative estimate of drug-likeness (QED) is 0.754. The Morgan fingerprint density at radius 2 is 2.53 bits per heavy atom. The largest absolute Gasteiger partial charge is 0.364 e. The van der Waals surface area contributed by atoms with Gasteiger partial charge in [0.2, 0.25) is 0 Å². The Labute approximate surface area is 89.3 Å². The van der Waals surface area contributed by atoms with Crippen molar-refractivity contribution >= 4 is 5.82 Å². The van der Waals surface area contributed by atoms with Crippen molar-refractivity contribution in [2.75, 3.05) is 18.4 Å². The Bertz CT molecular complexity index is 388. The summed E-state index contributed by atoms with van der Waals surface area (Å²) in [5.74, 6) is 0.778. The zero-order valence-corrected chi connectivity index (χ0v) is 8.75. The molecule has 1 atom stereocenters. The average Bonchev–Trinajstić information content (AvgIpc) is 2.65. The van der Waals surface area contributed by atoms with Crippen molar-refractivity contribution in [3.8, 4) is 6.07 Å². The molecule has 0 spiro atoms. The first kappa shape index (κ1) is 9.94. The minimum Gasteiger partial charge on any atom is -0.364 e. The molecule has 2 rings (SSSR count). The molecular formula is C11H14N4. The molecule has 0 aliphatic carbocycles. The molecule has 1 aliphatic rings. The topological polar surface area (TPSA) is 60.7 Å². The van der Waals surface area contributed by atoms with E-state index in [1.54, 1.807) is 18.3 Å². The van der Waals surface area contributed by atoms with Crippen LogP contribution in [-0.4, -0.2) is 23.6 Å². The zero-order valence-electron chi connectivity index (χ0n) is 8.75. The first-order valence-electron chi connectivity index (χ1n) is 5.07. The van der Waals surface area contributed by atoms with Gasteiger partial charge in [0.1, 0.15) is 5.82 Å². The van der Waals surface area contributed by atoms with Gasteiger partial charge in [0.25, 0.3) is 0 Å². The Hall–Kier alpha value is -1.60. The van der Waals surface area contributed by atoms with E-state index in [9.17, 15) is 0 Å². The van der Waals surface area contributed by atoms with E-state index in [0.29, 0.717) is 5.56 Å². The molecular weight excluding hydrogens is 188 g/mol. The second-order valence-electron chi connectivity index (χ2n) is 4.15. The predicted molar refractivity (Wildman–Crippen MR) is 58.5 cm³/mol. The van der Waals surface area contributed by atoms with Crippen molar-refractivity contribution < 1.29 is 0 Å². The van der Waals surface area contributed by atoms with E-state index in [2.05, 4.69) is 28.6 Å². The van der Waals surface area contributed by atoms with E-state index in [4.69, 9.17) is 5.26 Å². The van der Waals surface area contributed by atoms with Crippen molar-refractivity contribution in [3.63, 3.8) is 0 Å². The van der Waals surface area contributed by atoms with Gasteiger partial charge in [0.15, 0.2) is 0 Å². The van der Waals surface area contributed by atoms with E-state index < -0.39 is 0 Å². The third kappa shape index (κ3) is 2.25. The number of rotatable bonds is 2. The Kier molecular flexibility index (Phi) is 2.57. The summed E-state index contributed by atoms with van der Waals surface area (Å²) in [5, 5.41) is 15.4. The van der Waals surface area contributed by atoms with Gasteiger partial charge >= 0.3 is 0 Å². The van der Waals surface area contributed by atoms with Crippen LogP contribution in [0.5, 0.6) is 0 Å². The molecule has 2 N–H and O–H groups in total. The predicted octanol–water partition coefficient (Wildman–Crippen LogP) is 1.12. The fraction of sp³-hybridized carbons (Fsp3) is 0.455. The molecule has 1 aliphatic heterocycles. The van der Waals surface area contributed by atoms with Crippen LogP contribution in [0.25, 0.3) is 0 Å². The fourth-order valence-electron chi connectivity index (χ4n) is 1.80. The molecule has 0 bridgehead atoms. The van der Waals surface area contributed by atoms with Crippen LogP contribution in [0.2, 0.25) is 0 Å². The van der Waals surface area contributed by atoms with Gasteiger partial charge in [-0.25, -0.2) is 4.98 Å². The number of aromatic nitrogens is 1. The highest BCUT2D eigenvalue weighted by atomic mass is 15.1. The van der Waals surface area contributed by atoms with Crippen molar-refractivity contribution in [2.45, 2.75) is 18.9 Å². The van der Waals surface area contributed by atoms with Gasteiger partial charge < -0.3 is 10.6 Å². The number of anilines is 1. The maximum atomic E-state index is 8.77. The molecule has 15 heavy (non-hydrogen) atoms. The number of nitriles is 1. The first-order valence-corrected chi connectivity index (χ1v) is 5.07. The Morgan fingerprint density at radius 1 is 1.67 bits per heavy atom. The fourth-order valence-corrected chi connectivity index (χ4v) is 1.80. The molecule has 2 heterocycles. The molecule has 0 aromatic carbocycles. The number of hydrogen-bond acceptors (Lipinski definition) is 4. The number of pyridine rings is 1. The van der Waals surface area contributed by atoms with Crippen molar-refractivity contribution in [2.24, 2.45) is 0 Å². The number of nitrogens with one attached hydrogen (secondary N) is 2. The minimum absolute atomic E-state index is 0.0566. The maximum Gasteiger partial charge on any atom is 0.127 e. The molecule has 1 unspecified atom stereocenters. The molecule has 0 radical (unpaired) electrons. The van der Waals surface area contributed by atoms with Gasteiger partial charge in [0, 0.05) is 18.3 Å². The van der Waals surface area contributed by atoms with Gasteiger partial charge in [-0.05, 0) is 32.0 Å². The minimum atomic E-state index is 0.0566. The lowest BCUT2D eigenvalue weighted by Crippen LogP contribution is -2.37. The molecule has 4 nitrogen and oxygen atoms in total. The van der Waals surface area contributed by atoms with Crippen LogP contribution >= 0.6 is 0 Å². The summed E-state index contributed by atoms with van der Waals surface area (Å²) in [6.07, 6.45) is 2.73. The summed E-state index contributed by atoms with van der Waals surface area (Å²) in [4.78, 5) is 4.21. The second kappa shape index (κ2) is 3.87. The van der Waals surface area contributed by atoms with Gasteiger partial charge in [-0.15, -0.1) is 0 Å². The number of nitrogens with zero attached hydrogens (tertiary/aromatic N) is 2. The summed E-state index contributed by atoms with van der Waals surface area (Å²) < 4.78 is 0. The van der Waals surface area contributed by atoms with Crippen LogP contribution < -0.4 is 10.6 Å². The normalized spacial score (nSPS) is 24.8. The van der Waals surface area contributed by atoms with E-state index in [1.807, 2.05) is 0 Å². The molecule has 0 saturated carbocycles. The average molecular weight is 202 g/mol. The molecule has 1 fully saturated rings.